The molecule has 4 heteroatoms. The molecule has 0 radical (unpaired) electrons. The average Bonchev–Trinajstić information content (AvgIpc) is 2.09. The normalized spacial score (nSPS) is 11.4. The summed E-state index contributed by atoms with van der Waals surface area (Å²) in [5.74, 6) is 0. The van der Waals surface area contributed by atoms with Crippen LogP contribution in [0.2, 0.25) is 0 Å². The van der Waals surface area contributed by atoms with Gasteiger partial charge in [-0.15, -0.1) is 0 Å². The fourth-order valence-corrected chi connectivity index (χ4v) is 1.01. The van der Waals surface area contributed by atoms with E-state index in [1.54, 1.807) is 0 Å². The average molecular weight is 186 g/mol. The molecule has 0 aliphatic heterocycles. The van der Waals surface area contributed by atoms with E-state index in [9.17, 15) is 4.79 Å². The first kappa shape index (κ1) is 11.9. The lowest BCUT2D eigenvalue weighted by Crippen LogP contribution is -2.15. The van der Waals surface area contributed by atoms with Crippen LogP contribution in [0.5, 0.6) is 0 Å². The summed E-state index contributed by atoms with van der Waals surface area (Å²) in [6.07, 6.45) is 4.50. The van der Waals surface area contributed by atoms with Gasteiger partial charge in [-0.2, -0.15) is 5.10 Å². The lowest BCUT2D eigenvalue weighted by molar-refractivity contribution is 0.195. The highest BCUT2D eigenvalue weighted by molar-refractivity contribution is 5.82. The highest BCUT2D eigenvalue weighted by Gasteiger charge is 1.94. The van der Waals surface area contributed by atoms with E-state index < -0.39 is 6.09 Å². The molecule has 0 aromatic carbocycles. The van der Waals surface area contributed by atoms with Gasteiger partial charge in [-0.25, -0.2) is 10.2 Å². The lowest BCUT2D eigenvalue weighted by atomic mass is 10.1. The molecule has 0 fully saturated rings. The second kappa shape index (κ2) is 7.58. The second-order valence-electron chi connectivity index (χ2n) is 3.07. The first-order valence-electron chi connectivity index (χ1n) is 4.69. The number of carboxylic acid groups (broad SMARTS) is 1. The van der Waals surface area contributed by atoms with Crippen LogP contribution < -0.4 is 5.43 Å². The van der Waals surface area contributed by atoms with Gasteiger partial charge in [0.15, 0.2) is 0 Å². The quantitative estimate of drug-likeness (QED) is 0.380. The van der Waals surface area contributed by atoms with Gasteiger partial charge in [0.05, 0.1) is 0 Å². The van der Waals surface area contributed by atoms with Crippen molar-refractivity contribution in [1.29, 1.82) is 0 Å². The van der Waals surface area contributed by atoms with Gasteiger partial charge in [-0.1, -0.05) is 26.2 Å². The summed E-state index contributed by atoms with van der Waals surface area (Å²) in [5.41, 5.74) is 2.84. The van der Waals surface area contributed by atoms with Crippen LogP contribution in [-0.4, -0.2) is 16.9 Å². The van der Waals surface area contributed by atoms with E-state index in [-0.39, 0.29) is 0 Å². The molecule has 0 rings (SSSR count). The van der Waals surface area contributed by atoms with Crippen LogP contribution in [-0.2, 0) is 0 Å². The molecular formula is C9H18N2O2. The van der Waals surface area contributed by atoms with Crippen LogP contribution in [0.3, 0.4) is 0 Å². The number of nitrogens with zero attached hydrogens (tertiary/aromatic N) is 1. The van der Waals surface area contributed by atoms with Gasteiger partial charge < -0.3 is 5.11 Å². The Bertz CT molecular complexity index is 178. The molecule has 0 unspecified atom stereocenters. The Balaban J connectivity index is 3.43. The van der Waals surface area contributed by atoms with Crippen molar-refractivity contribution in [1.82, 2.24) is 5.43 Å². The smallest absolute Gasteiger partial charge is 0.425 e. The molecule has 0 bridgehead atoms. The molecule has 0 saturated carbocycles. The number of hydrazone groups is 1. The topological polar surface area (TPSA) is 61.7 Å². The zero-order valence-electron chi connectivity index (χ0n) is 8.34. The van der Waals surface area contributed by atoms with Crippen LogP contribution in [0.25, 0.3) is 0 Å². The summed E-state index contributed by atoms with van der Waals surface area (Å²) in [5, 5.41) is 11.9. The zero-order valence-corrected chi connectivity index (χ0v) is 8.34. The van der Waals surface area contributed by atoms with Gasteiger partial charge >= 0.3 is 6.09 Å². The predicted octanol–water partition coefficient (Wildman–Crippen LogP) is 2.60. The van der Waals surface area contributed by atoms with Gasteiger partial charge in [0.2, 0.25) is 0 Å². The van der Waals surface area contributed by atoms with E-state index >= 15 is 0 Å². The third-order valence-corrected chi connectivity index (χ3v) is 1.73. The SMILES string of the molecule is CCCCCC/C(C)=N\NC(=O)O. The Morgan fingerprint density at radius 2 is 2.08 bits per heavy atom. The number of amides is 1. The molecule has 0 atom stereocenters. The molecule has 0 saturated heterocycles. The molecule has 0 aliphatic rings. The first-order chi connectivity index (χ1) is 6.16. The number of hydrogen-bond acceptors (Lipinski definition) is 2. The van der Waals surface area contributed by atoms with Crippen molar-refractivity contribution in [2.45, 2.75) is 46.0 Å². The Morgan fingerprint density at radius 1 is 1.38 bits per heavy atom. The molecule has 0 heterocycles. The van der Waals surface area contributed by atoms with Crippen LogP contribution in [0.4, 0.5) is 4.79 Å². The van der Waals surface area contributed by atoms with Crippen molar-refractivity contribution >= 4 is 11.8 Å². The van der Waals surface area contributed by atoms with Gasteiger partial charge in [-0.3, -0.25) is 0 Å². The minimum absolute atomic E-state index is 0.846. The fourth-order valence-electron chi connectivity index (χ4n) is 1.01. The molecule has 1 amide bonds. The van der Waals surface area contributed by atoms with Gasteiger partial charge in [0.1, 0.15) is 0 Å². The first-order valence-corrected chi connectivity index (χ1v) is 4.69. The number of hydrogen-bond donors (Lipinski definition) is 2. The summed E-state index contributed by atoms with van der Waals surface area (Å²) in [6.45, 7) is 3.99. The number of rotatable bonds is 6. The molecule has 2 N–H and O–H groups in total. The van der Waals surface area contributed by atoms with Crippen molar-refractivity contribution in [3.63, 3.8) is 0 Å². The van der Waals surface area contributed by atoms with E-state index in [0.29, 0.717) is 0 Å². The molecular weight excluding hydrogens is 168 g/mol. The Morgan fingerprint density at radius 3 is 2.62 bits per heavy atom. The zero-order chi connectivity index (χ0) is 10.1. The number of carbonyl (C=O) groups is 1. The van der Waals surface area contributed by atoms with Gasteiger partial charge in [0.25, 0.3) is 0 Å². The molecule has 0 aromatic rings. The summed E-state index contributed by atoms with van der Waals surface area (Å²) < 4.78 is 0. The van der Waals surface area contributed by atoms with Gasteiger partial charge in [-0.05, 0) is 19.8 Å². The molecule has 4 nitrogen and oxygen atoms in total. The highest BCUT2D eigenvalue weighted by atomic mass is 16.4. The Labute approximate surface area is 79.0 Å². The van der Waals surface area contributed by atoms with Gasteiger partial charge in [0, 0.05) is 5.71 Å². The maximum Gasteiger partial charge on any atom is 0.425 e. The van der Waals surface area contributed by atoms with Crippen molar-refractivity contribution in [3.8, 4) is 0 Å². The minimum atomic E-state index is -1.10. The molecule has 0 spiro atoms. The van der Waals surface area contributed by atoms with E-state index in [2.05, 4.69) is 12.0 Å². The predicted molar refractivity (Wildman–Crippen MR) is 53.0 cm³/mol. The number of unbranched alkanes of at least 4 members (excludes halogenated alkanes) is 3. The second-order valence-corrected chi connectivity index (χ2v) is 3.07. The van der Waals surface area contributed by atoms with E-state index in [1.807, 2.05) is 12.3 Å². The third-order valence-electron chi connectivity index (χ3n) is 1.73. The lowest BCUT2D eigenvalue weighted by Gasteiger charge is -1.99. The van der Waals surface area contributed by atoms with Crippen LogP contribution in [0.1, 0.15) is 46.0 Å². The van der Waals surface area contributed by atoms with Crippen LogP contribution >= 0.6 is 0 Å². The summed E-state index contributed by atoms with van der Waals surface area (Å²) >= 11 is 0. The summed E-state index contributed by atoms with van der Waals surface area (Å²) in [7, 11) is 0. The largest absolute Gasteiger partial charge is 0.464 e. The van der Waals surface area contributed by atoms with E-state index in [1.165, 1.54) is 19.3 Å². The maximum absolute atomic E-state index is 10.1. The summed E-state index contributed by atoms with van der Waals surface area (Å²) in [4.78, 5) is 10.1. The van der Waals surface area contributed by atoms with E-state index in [4.69, 9.17) is 5.11 Å². The minimum Gasteiger partial charge on any atom is -0.464 e. The van der Waals surface area contributed by atoms with Crippen LogP contribution in [0.15, 0.2) is 5.10 Å². The summed E-state index contributed by atoms with van der Waals surface area (Å²) in [6, 6.07) is 0. The van der Waals surface area contributed by atoms with Crippen molar-refractivity contribution in [2.75, 3.05) is 0 Å². The molecule has 13 heavy (non-hydrogen) atoms. The molecule has 0 aliphatic carbocycles. The van der Waals surface area contributed by atoms with Crippen LogP contribution in [0, 0.1) is 0 Å². The highest BCUT2D eigenvalue weighted by Crippen LogP contribution is 2.02. The van der Waals surface area contributed by atoms with Crippen molar-refractivity contribution in [3.05, 3.63) is 0 Å². The number of nitrogens with one attached hydrogen (secondary N) is 1. The standard InChI is InChI=1S/C9H18N2O2/c1-3-4-5-6-7-8(2)10-11-9(12)13/h11H,3-7H2,1-2H3,(H,12,13)/b10-8-. The van der Waals surface area contributed by atoms with E-state index in [0.717, 1.165) is 18.6 Å². The van der Waals surface area contributed by atoms with Crippen molar-refractivity contribution < 1.29 is 9.90 Å². The Kier molecular flexibility index (Phi) is 6.96. The fraction of sp³-hybridized carbons (Fsp3) is 0.778. The third kappa shape index (κ3) is 8.85. The molecule has 76 valence electrons. The Hall–Kier alpha value is -1.06. The maximum atomic E-state index is 10.1. The monoisotopic (exact) mass is 186 g/mol. The molecule has 0 aromatic heterocycles. The van der Waals surface area contributed by atoms with Crippen molar-refractivity contribution in [2.24, 2.45) is 5.10 Å².